The minimum absolute atomic E-state index is 0.237. The van der Waals surface area contributed by atoms with Crippen LogP contribution in [0.15, 0.2) is 0 Å². The Morgan fingerprint density at radius 2 is 1.88 bits per heavy atom. The molecule has 0 saturated heterocycles. The van der Waals surface area contributed by atoms with E-state index in [0.717, 1.165) is 19.4 Å². The van der Waals surface area contributed by atoms with Gasteiger partial charge in [0.1, 0.15) is 0 Å². The van der Waals surface area contributed by atoms with E-state index in [0.29, 0.717) is 30.7 Å². The lowest BCUT2D eigenvalue weighted by atomic mass is 9.93. The Hall–Kier alpha value is -0.570. The zero-order valence-corrected chi connectivity index (χ0v) is 12.2. The van der Waals surface area contributed by atoms with E-state index in [1.807, 2.05) is 11.9 Å². The first-order valence-electron chi connectivity index (χ1n) is 6.84. The quantitative estimate of drug-likeness (QED) is 0.711. The summed E-state index contributed by atoms with van der Waals surface area (Å²) in [6.07, 6.45) is 2.75. The maximum atomic E-state index is 12.0. The summed E-state index contributed by atoms with van der Waals surface area (Å²) in [5, 5.41) is 0. The molecule has 17 heavy (non-hydrogen) atoms. The van der Waals surface area contributed by atoms with Gasteiger partial charge in [0.05, 0.1) is 0 Å². The van der Waals surface area contributed by atoms with Gasteiger partial charge in [-0.15, -0.1) is 0 Å². The average Bonchev–Trinajstić information content (AvgIpc) is 2.26. The Labute approximate surface area is 107 Å². The highest BCUT2D eigenvalue weighted by Gasteiger charge is 2.17. The summed E-state index contributed by atoms with van der Waals surface area (Å²) in [4.78, 5) is 13.9. The molecular weight excluding hydrogens is 212 g/mol. The summed E-state index contributed by atoms with van der Waals surface area (Å²) in [7, 11) is 1.90. The van der Waals surface area contributed by atoms with Gasteiger partial charge in [0, 0.05) is 20.0 Å². The van der Waals surface area contributed by atoms with E-state index in [1.54, 1.807) is 0 Å². The molecule has 1 amide bonds. The molecule has 102 valence electrons. The molecule has 0 heterocycles. The van der Waals surface area contributed by atoms with Crippen molar-refractivity contribution in [1.82, 2.24) is 4.90 Å². The SMILES string of the molecule is CCC(C)CN(C)C(=O)C[C@@H](CN)CC(C)C. The molecule has 3 nitrogen and oxygen atoms in total. The van der Waals surface area contributed by atoms with Crippen molar-refractivity contribution in [2.75, 3.05) is 20.1 Å². The van der Waals surface area contributed by atoms with Gasteiger partial charge in [-0.05, 0) is 30.7 Å². The molecular formula is C14H30N2O. The fourth-order valence-corrected chi connectivity index (χ4v) is 2.03. The fourth-order valence-electron chi connectivity index (χ4n) is 2.03. The van der Waals surface area contributed by atoms with Crippen LogP contribution in [-0.4, -0.2) is 30.9 Å². The van der Waals surface area contributed by atoms with Gasteiger partial charge in [-0.1, -0.05) is 34.1 Å². The van der Waals surface area contributed by atoms with E-state index < -0.39 is 0 Å². The summed E-state index contributed by atoms with van der Waals surface area (Å²) >= 11 is 0. The number of carbonyl (C=O) groups is 1. The van der Waals surface area contributed by atoms with Crippen LogP contribution in [0.4, 0.5) is 0 Å². The molecule has 0 aliphatic carbocycles. The van der Waals surface area contributed by atoms with Crippen LogP contribution in [0.3, 0.4) is 0 Å². The van der Waals surface area contributed by atoms with E-state index in [9.17, 15) is 4.79 Å². The van der Waals surface area contributed by atoms with E-state index >= 15 is 0 Å². The number of amides is 1. The average molecular weight is 242 g/mol. The monoisotopic (exact) mass is 242 g/mol. The third-order valence-electron chi connectivity index (χ3n) is 3.31. The van der Waals surface area contributed by atoms with Gasteiger partial charge in [0.25, 0.3) is 0 Å². The van der Waals surface area contributed by atoms with Crippen molar-refractivity contribution in [3.8, 4) is 0 Å². The molecule has 1 unspecified atom stereocenters. The van der Waals surface area contributed by atoms with Crippen LogP contribution in [0.5, 0.6) is 0 Å². The largest absolute Gasteiger partial charge is 0.345 e. The van der Waals surface area contributed by atoms with Crippen molar-refractivity contribution < 1.29 is 4.79 Å². The summed E-state index contributed by atoms with van der Waals surface area (Å²) in [5.41, 5.74) is 5.73. The standard InChI is InChI=1S/C14H30N2O/c1-6-12(4)10-16(5)14(17)8-13(9-15)7-11(2)3/h11-13H,6-10,15H2,1-5H3/t12?,13-/m0/s1. The van der Waals surface area contributed by atoms with Gasteiger partial charge in [-0.25, -0.2) is 0 Å². The van der Waals surface area contributed by atoms with Crippen LogP contribution in [0, 0.1) is 17.8 Å². The van der Waals surface area contributed by atoms with Crippen LogP contribution >= 0.6 is 0 Å². The zero-order chi connectivity index (χ0) is 13.4. The second-order valence-corrected chi connectivity index (χ2v) is 5.72. The Morgan fingerprint density at radius 3 is 2.29 bits per heavy atom. The molecule has 2 atom stereocenters. The highest BCUT2D eigenvalue weighted by atomic mass is 16.2. The summed E-state index contributed by atoms with van der Waals surface area (Å²) in [6.45, 7) is 10.2. The number of nitrogens with two attached hydrogens (primary N) is 1. The minimum atomic E-state index is 0.237. The lowest BCUT2D eigenvalue weighted by Crippen LogP contribution is -2.33. The molecule has 0 aliphatic rings. The molecule has 0 aliphatic heterocycles. The molecule has 2 N–H and O–H groups in total. The summed E-state index contributed by atoms with van der Waals surface area (Å²) < 4.78 is 0. The second kappa shape index (κ2) is 8.51. The Morgan fingerprint density at radius 1 is 1.29 bits per heavy atom. The maximum Gasteiger partial charge on any atom is 0.222 e. The van der Waals surface area contributed by atoms with Gasteiger partial charge in [0.15, 0.2) is 0 Å². The van der Waals surface area contributed by atoms with Crippen molar-refractivity contribution in [2.45, 2.75) is 47.0 Å². The van der Waals surface area contributed by atoms with Gasteiger partial charge < -0.3 is 10.6 Å². The Kier molecular flexibility index (Phi) is 8.23. The normalized spacial score (nSPS) is 14.8. The molecule has 0 rings (SSSR count). The molecule has 0 fully saturated rings. The van der Waals surface area contributed by atoms with Gasteiger partial charge in [0.2, 0.25) is 5.91 Å². The minimum Gasteiger partial charge on any atom is -0.345 e. The zero-order valence-electron chi connectivity index (χ0n) is 12.2. The maximum absolute atomic E-state index is 12.0. The molecule has 0 aromatic rings. The van der Waals surface area contributed by atoms with Crippen LogP contribution < -0.4 is 5.73 Å². The molecule has 3 heteroatoms. The molecule has 0 aromatic carbocycles. The highest BCUT2D eigenvalue weighted by molar-refractivity contribution is 5.76. The first-order chi connectivity index (χ1) is 7.90. The van der Waals surface area contributed by atoms with E-state index in [1.165, 1.54) is 0 Å². The van der Waals surface area contributed by atoms with Crippen molar-refractivity contribution in [1.29, 1.82) is 0 Å². The fraction of sp³-hybridized carbons (Fsp3) is 0.929. The number of carbonyl (C=O) groups excluding carboxylic acids is 1. The molecule has 0 spiro atoms. The third kappa shape index (κ3) is 7.37. The lowest BCUT2D eigenvalue weighted by molar-refractivity contribution is -0.131. The number of hydrogen-bond donors (Lipinski definition) is 1. The number of rotatable bonds is 8. The first-order valence-corrected chi connectivity index (χ1v) is 6.84. The van der Waals surface area contributed by atoms with Crippen molar-refractivity contribution in [3.05, 3.63) is 0 Å². The van der Waals surface area contributed by atoms with Crippen LogP contribution in [-0.2, 0) is 4.79 Å². The molecule has 0 radical (unpaired) electrons. The third-order valence-corrected chi connectivity index (χ3v) is 3.31. The lowest BCUT2D eigenvalue weighted by Gasteiger charge is -2.24. The van der Waals surface area contributed by atoms with Gasteiger partial charge in [-0.2, -0.15) is 0 Å². The summed E-state index contributed by atoms with van der Waals surface area (Å²) in [5.74, 6) is 1.75. The second-order valence-electron chi connectivity index (χ2n) is 5.72. The highest BCUT2D eigenvalue weighted by Crippen LogP contribution is 2.15. The van der Waals surface area contributed by atoms with Crippen LogP contribution in [0.1, 0.15) is 47.0 Å². The molecule has 0 aromatic heterocycles. The van der Waals surface area contributed by atoms with Gasteiger partial charge >= 0.3 is 0 Å². The van der Waals surface area contributed by atoms with Crippen LogP contribution in [0.25, 0.3) is 0 Å². The summed E-state index contributed by atoms with van der Waals surface area (Å²) in [6, 6.07) is 0. The van der Waals surface area contributed by atoms with Gasteiger partial charge in [-0.3, -0.25) is 4.79 Å². The van der Waals surface area contributed by atoms with Crippen molar-refractivity contribution >= 4 is 5.91 Å². The van der Waals surface area contributed by atoms with Crippen molar-refractivity contribution in [3.63, 3.8) is 0 Å². The molecule has 0 saturated carbocycles. The Balaban J connectivity index is 4.12. The predicted octanol–water partition coefficient (Wildman–Crippen LogP) is 2.50. The van der Waals surface area contributed by atoms with E-state index in [-0.39, 0.29) is 5.91 Å². The van der Waals surface area contributed by atoms with E-state index in [2.05, 4.69) is 27.7 Å². The predicted molar refractivity (Wildman–Crippen MR) is 73.7 cm³/mol. The van der Waals surface area contributed by atoms with Crippen LogP contribution in [0.2, 0.25) is 0 Å². The van der Waals surface area contributed by atoms with Crippen molar-refractivity contribution in [2.24, 2.45) is 23.5 Å². The topological polar surface area (TPSA) is 46.3 Å². The number of nitrogens with zero attached hydrogens (tertiary/aromatic N) is 1. The first kappa shape index (κ1) is 16.4. The smallest absolute Gasteiger partial charge is 0.222 e. The number of hydrogen-bond acceptors (Lipinski definition) is 2. The Bertz CT molecular complexity index is 216. The molecule has 0 bridgehead atoms. The van der Waals surface area contributed by atoms with E-state index in [4.69, 9.17) is 5.73 Å².